The summed E-state index contributed by atoms with van der Waals surface area (Å²) in [4.78, 5) is 17.9. The van der Waals surface area contributed by atoms with Crippen LogP contribution in [0.15, 0.2) is 200 Å². The standard InChI is InChI=1S/C57H38N6/c1-6-20-39(21-7-1)41-36-42(56-58-55(40-22-8-2-9-23-40)59-57(60-56)61(43-24-10-3-11-25-43)44-26-12-4-13-27-44)38-46(37-41)63-50-32-18-16-30-47(50)48-34-35-52-53(54(48)63)49-31-17-19-33-51(49)62(52)45-28-14-5-15-29-45/h1-3,5-12,14-15,17-29,31-38H,16,30H2. The van der Waals surface area contributed by atoms with E-state index in [2.05, 4.69) is 178 Å². The van der Waals surface area contributed by atoms with Crippen LogP contribution in [0.3, 0.4) is 0 Å². The molecule has 6 heteroatoms. The Labute approximate surface area is 365 Å². The van der Waals surface area contributed by atoms with Gasteiger partial charge < -0.3 is 9.13 Å². The molecule has 63 heavy (non-hydrogen) atoms. The molecule has 0 spiro atoms. The quantitative estimate of drug-likeness (QED) is 0.153. The molecule has 0 bridgehead atoms. The summed E-state index contributed by atoms with van der Waals surface area (Å²) in [5, 5.41) is 3.71. The van der Waals surface area contributed by atoms with Gasteiger partial charge in [0.1, 0.15) is 0 Å². The molecule has 0 fully saturated rings. The van der Waals surface area contributed by atoms with Crippen LogP contribution in [0.5, 0.6) is 0 Å². The van der Waals surface area contributed by atoms with Gasteiger partial charge in [0.25, 0.3) is 0 Å². The third kappa shape index (κ3) is 6.26. The Morgan fingerprint density at radius 3 is 1.94 bits per heavy atom. The van der Waals surface area contributed by atoms with E-state index in [1.807, 2.05) is 54.6 Å². The molecule has 12 rings (SSSR count). The number of allylic oxidation sites excluding steroid dienone is 1. The molecule has 6 nitrogen and oxygen atoms in total. The van der Waals surface area contributed by atoms with Crippen molar-refractivity contribution in [2.45, 2.75) is 12.8 Å². The Morgan fingerprint density at radius 2 is 1.17 bits per heavy atom. The van der Waals surface area contributed by atoms with Crippen LogP contribution in [0.1, 0.15) is 17.7 Å². The summed E-state index contributed by atoms with van der Waals surface area (Å²) < 4.78 is 4.90. The van der Waals surface area contributed by atoms with Crippen LogP contribution in [0, 0.1) is 12.1 Å². The summed E-state index contributed by atoms with van der Waals surface area (Å²) in [6, 6.07) is 73.9. The summed E-state index contributed by atoms with van der Waals surface area (Å²) in [6.45, 7) is 0. The Hall–Kier alpha value is -8.53. The molecule has 11 aromatic rings. The van der Waals surface area contributed by atoms with Crippen molar-refractivity contribution in [1.82, 2.24) is 24.1 Å². The molecule has 3 heterocycles. The number of aryl methyl sites for hydroxylation is 1. The van der Waals surface area contributed by atoms with Gasteiger partial charge in [0.2, 0.25) is 5.95 Å². The fourth-order valence-electron chi connectivity index (χ4n) is 9.31. The molecule has 8 aromatic carbocycles. The number of nitrogens with zero attached hydrogens (tertiary/aromatic N) is 6. The van der Waals surface area contributed by atoms with E-state index in [-0.39, 0.29) is 0 Å². The van der Waals surface area contributed by atoms with E-state index in [0.717, 1.165) is 57.8 Å². The van der Waals surface area contributed by atoms with Gasteiger partial charge in [-0.1, -0.05) is 140 Å². The lowest BCUT2D eigenvalue weighted by molar-refractivity contribution is 0.968. The molecule has 0 unspecified atom stereocenters. The Morgan fingerprint density at radius 1 is 0.492 bits per heavy atom. The number of benzene rings is 7. The number of hydrogen-bond acceptors (Lipinski definition) is 4. The normalized spacial score (nSPS) is 12.1. The first-order chi connectivity index (χ1) is 31.3. The van der Waals surface area contributed by atoms with Gasteiger partial charge in [-0.15, -0.1) is 0 Å². The highest BCUT2D eigenvalue weighted by Gasteiger charge is 2.26. The predicted molar refractivity (Wildman–Crippen MR) is 257 cm³/mol. The minimum absolute atomic E-state index is 0.499. The summed E-state index contributed by atoms with van der Waals surface area (Å²) in [5.74, 6) is 1.65. The van der Waals surface area contributed by atoms with Crippen molar-refractivity contribution in [3.8, 4) is 45.3 Å². The number of fused-ring (bicyclic) bond motifs is 7. The maximum atomic E-state index is 5.37. The largest absolute Gasteiger partial charge is 0.309 e. The van der Waals surface area contributed by atoms with Crippen molar-refractivity contribution in [1.29, 1.82) is 0 Å². The van der Waals surface area contributed by atoms with Crippen LogP contribution in [-0.2, 0) is 6.42 Å². The summed E-state index contributed by atoms with van der Waals surface area (Å²) >= 11 is 0. The van der Waals surface area contributed by atoms with Crippen molar-refractivity contribution in [2.24, 2.45) is 0 Å². The second kappa shape index (κ2) is 15.2. The van der Waals surface area contributed by atoms with E-state index in [0.29, 0.717) is 17.6 Å². The number of para-hydroxylation sites is 3. The minimum atomic E-state index is 0.499. The molecule has 0 atom stereocenters. The molecule has 3 aromatic heterocycles. The summed E-state index contributed by atoms with van der Waals surface area (Å²) in [5.41, 5.74) is 14.0. The zero-order valence-electron chi connectivity index (χ0n) is 34.2. The van der Waals surface area contributed by atoms with Crippen molar-refractivity contribution in [3.05, 3.63) is 224 Å². The van der Waals surface area contributed by atoms with E-state index in [9.17, 15) is 0 Å². The molecular weight excluding hydrogens is 769 g/mol. The van der Waals surface area contributed by atoms with E-state index in [1.165, 1.54) is 44.0 Å². The van der Waals surface area contributed by atoms with Gasteiger partial charge in [0, 0.05) is 56.1 Å². The van der Waals surface area contributed by atoms with E-state index < -0.39 is 0 Å². The SMILES string of the molecule is c1ccc(N(c2ccccc2)c2nc(-c3ccccc3)nc(-c3cc(-c4ccccc4)cc(-n4c5c(c6ccc7c(c8ccccc8n7-c7ccccc7)c64)CCC=C5)c3)n2)cc#1. The smallest absolute Gasteiger partial charge is 0.238 e. The molecule has 0 aliphatic heterocycles. The Bertz CT molecular complexity index is 3440. The maximum Gasteiger partial charge on any atom is 0.238 e. The van der Waals surface area contributed by atoms with Crippen LogP contribution in [-0.4, -0.2) is 24.1 Å². The minimum Gasteiger partial charge on any atom is -0.309 e. The zero-order chi connectivity index (χ0) is 41.7. The Kier molecular flexibility index (Phi) is 8.76. The predicted octanol–water partition coefficient (Wildman–Crippen LogP) is 13.9. The van der Waals surface area contributed by atoms with Gasteiger partial charge in [-0.2, -0.15) is 9.97 Å². The average Bonchev–Trinajstić information content (AvgIpc) is 3.88. The first kappa shape index (κ1) is 36.3. The number of aromatic nitrogens is 5. The van der Waals surface area contributed by atoms with E-state index in [1.54, 1.807) is 0 Å². The summed E-state index contributed by atoms with van der Waals surface area (Å²) in [6.07, 6.45) is 6.59. The van der Waals surface area contributed by atoms with E-state index >= 15 is 0 Å². The van der Waals surface area contributed by atoms with Gasteiger partial charge in [-0.05, 0) is 102 Å². The average molecular weight is 807 g/mol. The highest BCUT2D eigenvalue weighted by molar-refractivity contribution is 6.22. The topological polar surface area (TPSA) is 51.8 Å². The van der Waals surface area contributed by atoms with Crippen LogP contribution < -0.4 is 4.90 Å². The molecule has 296 valence electrons. The molecule has 1 aliphatic rings. The number of anilines is 3. The lowest BCUT2D eigenvalue weighted by atomic mass is 10.00. The van der Waals surface area contributed by atoms with Crippen LogP contribution in [0.2, 0.25) is 0 Å². The van der Waals surface area contributed by atoms with Crippen molar-refractivity contribution >= 4 is 56.1 Å². The van der Waals surface area contributed by atoms with Crippen molar-refractivity contribution in [2.75, 3.05) is 4.90 Å². The second-order valence-electron chi connectivity index (χ2n) is 15.8. The second-order valence-corrected chi connectivity index (χ2v) is 15.8. The third-order valence-corrected chi connectivity index (χ3v) is 12.1. The number of hydrogen-bond donors (Lipinski definition) is 0. The fraction of sp³-hybridized carbons (Fsp3) is 0.0351. The van der Waals surface area contributed by atoms with Crippen molar-refractivity contribution in [3.63, 3.8) is 0 Å². The molecule has 1 aliphatic carbocycles. The Balaban J connectivity index is 1.16. The summed E-state index contributed by atoms with van der Waals surface area (Å²) in [7, 11) is 0. The molecule has 0 radical (unpaired) electrons. The molecule has 0 saturated carbocycles. The first-order valence-electron chi connectivity index (χ1n) is 21.3. The van der Waals surface area contributed by atoms with Gasteiger partial charge in [0.05, 0.1) is 22.2 Å². The molecular formula is C57H38N6. The van der Waals surface area contributed by atoms with Gasteiger partial charge >= 0.3 is 0 Å². The van der Waals surface area contributed by atoms with Gasteiger partial charge in [-0.3, -0.25) is 4.90 Å². The van der Waals surface area contributed by atoms with Crippen LogP contribution >= 0.6 is 0 Å². The lowest BCUT2D eigenvalue weighted by Crippen LogP contribution is -2.15. The zero-order valence-corrected chi connectivity index (χ0v) is 34.2. The number of rotatable bonds is 8. The first-order valence-corrected chi connectivity index (χ1v) is 21.3. The monoisotopic (exact) mass is 806 g/mol. The molecule has 0 saturated heterocycles. The van der Waals surface area contributed by atoms with Crippen LogP contribution in [0.4, 0.5) is 17.3 Å². The van der Waals surface area contributed by atoms with Crippen molar-refractivity contribution < 1.29 is 0 Å². The molecule has 0 N–H and O–H groups in total. The highest BCUT2D eigenvalue weighted by Crippen LogP contribution is 2.44. The molecule has 0 amide bonds. The van der Waals surface area contributed by atoms with Gasteiger partial charge in [-0.25, -0.2) is 4.98 Å². The van der Waals surface area contributed by atoms with E-state index in [4.69, 9.17) is 15.0 Å². The highest BCUT2D eigenvalue weighted by atomic mass is 15.3. The third-order valence-electron chi connectivity index (χ3n) is 12.1. The van der Waals surface area contributed by atoms with Gasteiger partial charge in [0.15, 0.2) is 11.6 Å². The maximum absolute atomic E-state index is 5.37. The van der Waals surface area contributed by atoms with Crippen LogP contribution in [0.25, 0.3) is 84.1 Å². The lowest BCUT2D eigenvalue weighted by Gasteiger charge is -2.23. The fourth-order valence-corrected chi connectivity index (χ4v) is 9.31.